The lowest BCUT2D eigenvalue weighted by Gasteiger charge is -2.21. The second kappa shape index (κ2) is 7.86. The molecule has 0 saturated heterocycles. The van der Waals surface area contributed by atoms with Crippen LogP contribution in [-0.4, -0.2) is 30.5 Å². The van der Waals surface area contributed by atoms with Gasteiger partial charge in [-0.25, -0.2) is 4.39 Å². The van der Waals surface area contributed by atoms with E-state index in [4.69, 9.17) is 0 Å². The quantitative estimate of drug-likeness (QED) is 0.848. The maximum absolute atomic E-state index is 13.0. The van der Waals surface area contributed by atoms with Gasteiger partial charge in [-0.3, -0.25) is 4.98 Å². The average Bonchev–Trinajstić information content (AvgIpc) is 2.50. The van der Waals surface area contributed by atoms with Crippen molar-refractivity contribution in [1.82, 2.24) is 15.2 Å². The smallest absolute Gasteiger partial charge is 0.123 e. The fraction of sp³-hybridized carbons (Fsp3) is 0.353. The van der Waals surface area contributed by atoms with Crippen LogP contribution in [0.2, 0.25) is 0 Å². The molecular formula is C17H22FN3. The molecule has 0 aliphatic heterocycles. The lowest BCUT2D eigenvalue weighted by atomic mass is 10.0. The number of aromatic nitrogens is 1. The minimum Gasteiger partial charge on any atom is -0.313 e. The third-order valence-corrected chi connectivity index (χ3v) is 3.58. The highest BCUT2D eigenvalue weighted by molar-refractivity contribution is 5.19. The van der Waals surface area contributed by atoms with Crippen molar-refractivity contribution in [2.24, 2.45) is 0 Å². The zero-order chi connectivity index (χ0) is 15.1. The predicted octanol–water partition coefficient (Wildman–Crippen LogP) is 3.00. The molecule has 1 aromatic heterocycles. The summed E-state index contributed by atoms with van der Waals surface area (Å²) in [5, 5.41) is 3.29. The lowest BCUT2D eigenvalue weighted by molar-refractivity contribution is 0.300. The molecule has 4 heteroatoms. The summed E-state index contributed by atoms with van der Waals surface area (Å²) >= 11 is 0. The van der Waals surface area contributed by atoms with Crippen molar-refractivity contribution in [3.05, 3.63) is 65.7 Å². The van der Waals surface area contributed by atoms with E-state index in [9.17, 15) is 4.39 Å². The van der Waals surface area contributed by atoms with Crippen LogP contribution in [0.25, 0.3) is 0 Å². The van der Waals surface area contributed by atoms with Crippen LogP contribution >= 0.6 is 0 Å². The molecule has 0 aliphatic rings. The number of rotatable bonds is 7. The molecule has 2 aromatic rings. The number of pyridine rings is 1. The van der Waals surface area contributed by atoms with Gasteiger partial charge in [0, 0.05) is 25.3 Å². The van der Waals surface area contributed by atoms with E-state index >= 15 is 0 Å². The maximum Gasteiger partial charge on any atom is 0.123 e. The van der Waals surface area contributed by atoms with Crippen LogP contribution < -0.4 is 5.32 Å². The predicted molar refractivity (Wildman–Crippen MR) is 83.4 cm³/mol. The first-order valence-corrected chi connectivity index (χ1v) is 7.20. The van der Waals surface area contributed by atoms with Crippen molar-refractivity contribution < 1.29 is 4.39 Å². The molecule has 0 spiro atoms. The number of hydrogen-bond acceptors (Lipinski definition) is 3. The molecule has 0 bridgehead atoms. The fourth-order valence-electron chi connectivity index (χ4n) is 2.37. The van der Waals surface area contributed by atoms with Crippen LogP contribution in [0.15, 0.2) is 48.7 Å². The van der Waals surface area contributed by atoms with Crippen LogP contribution in [0, 0.1) is 5.82 Å². The minimum atomic E-state index is -0.194. The van der Waals surface area contributed by atoms with Crippen LogP contribution in [-0.2, 0) is 6.54 Å². The van der Waals surface area contributed by atoms with E-state index in [1.165, 1.54) is 12.1 Å². The third-order valence-electron chi connectivity index (χ3n) is 3.58. The van der Waals surface area contributed by atoms with E-state index in [-0.39, 0.29) is 11.9 Å². The highest BCUT2D eigenvalue weighted by atomic mass is 19.1. The molecule has 1 heterocycles. The molecule has 112 valence electrons. The first kappa shape index (κ1) is 15.6. The van der Waals surface area contributed by atoms with Crippen molar-refractivity contribution in [2.45, 2.75) is 19.0 Å². The van der Waals surface area contributed by atoms with Gasteiger partial charge in [-0.15, -0.1) is 0 Å². The summed E-state index contributed by atoms with van der Waals surface area (Å²) in [6.45, 7) is 1.78. The van der Waals surface area contributed by atoms with Gasteiger partial charge in [0.25, 0.3) is 0 Å². The van der Waals surface area contributed by atoms with Crippen molar-refractivity contribution in [3.63, 3.8) is 0 Å². The second-order valence-electron chi connectivity index (χ2n) is 5.24. The van der Waals surface area contributed by atoms with Gasteiger partial charge in [-0.05, 0) is 50.3 Å². The Labute approximate surface area is 125 Å². The zero-order valence-electron chi connectivity index (χ0n) is 12.6. The summed E-state index contributed by atoms with van der Waals surface area (Å²) in [5.41, 5.74) is 2.19. The van der Waals surface area contributed by atoms with Crippen molar-refractivity contribution in [1.29, 1.82) is 0 Å². The Bertz CT molecular complexity index is 527. The van der Waals surface area contributed by atoms with Crippen LogP contribution in [0.1, 0.15) is 23.7 Å². The normalized spacial score (nSPS) is 12.6. The first-order valence-electron chi connectivity index (χ1n) is 7.20. The molecular weight excluding hydrogens is 265 g/mol. The Morgan fingerprint density at radius 2 is 1.95 bits per heavy atom. The van der Waals surface area contributed by atoms with E-state index in [0.717, 1.165) is 30.8 Å². The first-order chi connectivity index (χ1) is 10.2. The molecule has 21 heavy (non-hydrogen) atoms. The summed E-state index contributed by atoms with van der Waals surface area (Å²) in [5.74, 6) is -0.194. The monoisotopic (exact) mass is 287 g/mol. The number of halogens is 1. The van der Waals surface area contributed by atoms with Gasteiger partial charge in [0.15, 0.2) is 0 Å². The van der Waals surface area contributed by atoms with Gasteiger partial charge in [-0.2, -0.15) is 0 Å². The molecule has 2 rings (SSSR count). The Hall–Kier alpha value is -1.78. The summed E-state index contributed by atoms with van der Waals surface area (Å²) < 4.78 is 13.0. The van der Waals surface area contributed by atoms with Gasteiger partial charge < -0.3 is 10.2 Å². The maximum atomic E-state index is 13.0. The number of nitrogens with zero attached hydrogens (tertiary/aromatic N) is 2. The summed E-state index contributed by atoms with van der Waals surface area (Å²) in [7, 11) is 4.03. The van der Waals surface area contributed by atoms with Crippen molar-refractivity contribution >= 4 is 0 Å². The molecule has 0 saturated carbocycles. The Morgan fingerprint density at radius 3 is 2.57 bits per heavy atom. The Morgan fingerprint density at radius 1 is 1.19 bits per heavy atom. The zero-order valence-corrected chi connectivity index (χ0v) is 12.6. The number of benzene rings is 1. The van der Waals surface area contributed by atoms with E-state index < -0.39 is 0 Å². The highest BCUT2D eigenvalue weighted by Gasteiger charge is 2.11. The molecule has 1 unspecified atom stereocenters. The summed E-state index contributed by atoms with van der Waals surface area (Å²) in [6.07, 6.45) is 2.78. The Balaban J connectivity index is 1.86. The summed E-state index contributed by atoms with van der Waals surface area (Å²) in [4.78, 5) is 6.58. The van der Waals surface area contributed by atoms with E-state index in [1.807, 2.05) is 43.6 Å². The minimum absolute atomic E-state index is 0.194. The van der Waals surface area contributed by atoms with Crippen LogP contribution in [0.4, 0.5) is 4.39 Å². The van der Waals surface area contributed by atoms with Gasteiger partial charge in [0.05, 0.1) is 5.69 Å². The summed E-state index contributed by atoms with van der Waals surface area (Å²) in [6, 6.07) is 12.9. The van der Waals surface area contributed by atoms with Crippen molar-refractivity contribution in [2.75, 3.05) is 20.6 Å². The van der Waals surface area contributed by atoms with Gasteiger partial charge in [-0.1, -0.05) is 18.2 Å². The number of nitrogens with one attached hydrogen (secondary N) is 1. The van der Waals surface area contributed by atoms with Crippen LogP contribution in [0.3, 0.4) is 0 Å². The van der Waals surface area contributed by atoms with Crippen LogP contribution in [0.5, 0.6) is 0 Å². The largest absolute Gasteiger partial charge is 0.313 e. The molecule has 0 aliphatic carbocycles. The van der Waals surface area contributed by atoms with E-state index in [1.54, 1.807) is 0 Å². The lowest BCUT2D eigenvalue weighted by Crippen LogP contribution is -2.25. The van der Waals surface area contributed by atoms with E-state index in [2.05, 4.69) is 22.2 Å². The molecule has 1 N–H and O–H groups in total. The average molecular weight is 287 g/mol. The molecule has 0 radical (unpaired) electrons. The number of hydrogen-bond donors (Lipinski definition) is 1. The second-order valence-corrected chi connectivity index (χ2v) is 5.24. The molecule has 1 aromatic carbocycles. The standard InChI is InChI=1S/C17H22FN3/c1-19-17(14-6-8-15(18)9-7-14)10-12-21(2)13-16-5-3-4-11-20-16/h3-9,11,17,19H,10,12-13H2,1-2H3. The van der Waals surface area contributed by atoms with Gasteiger partial charge in [0.2, 0.25) is 0 Å². The molecule has 3 nitrogen and oxygen atoms in total. The Kier molecular flexibility index (Phi) is 5.84. The SMILES string of the molecule is CNC(CCN(C)Cc1ccccn1)c1ccc(F)cc1. The van der Waals surface area contributed by atoms with Gasteiger partial charge in [0.1, 0.15) is 5.82 Å². The topological polar surface area (TPSA) is 28.2 Å². The van der Waals surface area contributed by atoms with Gasteiger partial charge >= 0.3 is 0 Å². The highest BCUT2D eigenvalue weighted by Crippen LogP contribution is 2.17. The van der Waals surface area contributed by atoms with Crippen molar-refractivity contribution in [3.8, 4) is 0 Å². The van der Waals surface area contributed by atoms with E-state index in [0.29, 0.717) is 0 Å². The molecule has 0 amide bonds. The molecule has 1 atom stereocenters. The fourth-order valence-corrected chi connectivity index (χ4v) is 2.37. The third kappa shape index (κ3) is 4.92. The molecule has 0 fully saturated rings.